The van der Waals surface area contributed by atoms with Gasteiger partial charge in [-0.1, -0.05) is 6.92 Å². The van der Waals surface area contributed by atoms with Crippen molar-refractivity contribution in [3.8, 4) is 0 Å². The van der Waals surface area contributed by atoms with Crippen molar-refractivity contribution in [1.29, 1.82) is 0 Å². The standard InChI is InChI=1S/C11H14O4S/c1-2-16-9-6-8(11(12)13)15-7-4-3-5-14-10(7)9/h6-7H,2-5H2,1H3,(H,12,13). The Bertz CT molecular complexity index is 359. The monoisotopic (exact) mass is 242 g/mol. The summed E-state index contributed by atoms with van der Waals surface area (Å²) in [6, 6.07) is 0. The van der Waals surface area contributed by atoms with Gasteiger partial charge in [-0.3, -0.25) is 0 Å². The fraction of sp³-hybridized carbons (Fsp3) is 0.545. The second kappa shape index (κ2) is 4.82. The van der Waals surface area contributed by atoms with Gasteiger partial charge in [-0.2, -0.15) is 0 Å². The topological polar surface area (TPSA) is 55.8 Å². The van der Waals surface area contributed by atoms with Crippen molar-refractivity contribution in [3.63, 3.8) is 0 Å². The van der Waals surface area contributed by atoms with E-state index in [2.05, 4.69) is 0 Å². The molecule has 1 saturated heterocycles. The minimum atomic E-state index is -1.01. The van der Waals surface area contributed by atoms with Crippen LogP contribution < -0.4 is 0 Å². The third-order valence-electron chi connectivity index (χ3n) is 2.45. The van der Waals surface area contributed by atoms with Gasteiger partial charge in [-0.25, -0.2) is 4.79 Å². The first kappa shape index (κ1) is 11.4. The first-order valence-electron chi connectivity index (χ1n) is 5.33. The molecular formula is C11H14O4S. The van der Waals surface area contributed by atoms with Crippen molar-refractivity contribution >= 4 is 17.7 Å². The summed E-state index contributed by atoms with van der Waals surface area (Å²) in [6.45, 7) is 2.72. The number of rotatable bonds is 3. The summed E-state index contributed by atoms with van der Waals surface area (Å²) in [7, 11) is 0. The maximum absolute atomic E-state index is 10.9. The highest BCUT2D eigenvalue weighted by Crippen LogP contribution is 2.35. The van der Waals surface area contributed by atoms with E-state index in [4.69, 9.17) is 14.6 Å². The van der Waals surface area contributed by atoms with E-state index >= 15 is 0 Å². The zero-order valence-electron chi connectivity index (χ0n) is 9.06. The largest absolute Gasteiger partial charge is 0.493 e. The van der Waals surface area contributed by atoms with E-state index in [1.165, 1.54) is 0 Å². The smallest absolute Gasteiger partial charge is 0.371 e. The molecule has 2 aliphatic heterocycles. The molecule has 0 bridgehead atoms. The van der Waals surface area contributed by atoms with Gasteiger partial charge in [-0.15, -0.1) is 11.8 Å². The molecule has 2 heterocycles. The Morgan fingerprint density at radius 1 is 1.69 bits per heavy atom. The van der Waals surface area contributed by atoms with Crippen LogP contribution in [-0.4, -0.2) is 29.5 Å². The fourth-order valence-corrected chi connectivity index (χ4v) is 2.61. The second-order valence-electron chi connectivity index (χ2n) is 3.57. The summed E-state index contributed by atoms with van der Waals surface area (Å²) in [4.78, 5) is 11.8. The Balaban J connectivity index is 2.30. The van der Waals surface area contributed by atoms with Crippen molar-refractivity contribution < 1.29 is 19.4 Å². The number of carbonyl (C=O) groups is 1. The lowest BCUT2D eigenvalue weighted by Crippen LogP contribution is -2.28. The van der Waals surface area contributed by atoms with Crippen LogP contribution in [0.2, 0.25) is 0 Å². The minimum Gasteiger partial charge on any atom is -0.493 e. The third-order valence-corrected chi connectivity index (χ3v) is 3.36. The predicted octanol–water partition coefficient (Wildman–Crippen LogP) is 2.13. The number of allylic oxidation sites excluding steroid dienone is 1. The van der Waals surface area contributed by atoms with Gasteiger partial charge in [0.05, 0.1) is 11.5 Å². The molecule has 0 aromatic rings. The number of hydrogen-bond donors (Lipinski definition) is 1. The SMILES string of the molecule is CCSC1=C2OCCCC2OC(C(=O)O)=C1. The van der Waals surface area contributed by atoms with Crippen LogP contribution in [0.1, 0.15) is 19.8 Å². The van der Waals surface area contributed by atoms with Gasteiger partial charge in [0.2, 0.25) is 5.76 Å². The molecule has 0 amide bonds. The number of carboxylic acids is 1. The maximum atomic E-state index is 10.9. The van der Waals surface area contributed by atoms with Crippen molar-refractivity contribution in [2.45, 2.75) is 25.9 Å². The maximum Gasteiger partial charge on any atom is 0.371 e. The quantitative estimate of drug-likeness (QED) is 0.821. The van der Waals surface area contributed by atoms with E-state index in [1.54, 1.807) is 17.8 Å². The van der Waals surface area contributed by atoms with Gasteiger partial charge in [-0.05, 0) is 18.6 Å². The van der Waals surface area contributed by atoms with Crippen LogP contribution in [-0.2, 0) is 14.3 Å². The van der Waals surface area contributed by atoms with Crippen LogP contribution in [0, 0.1) is 0 Å². The normalized spacial score (nSPS) is 24.1. The van der Waals surface area contributed by atoms with Gasteiger partial charge >= 0.3 is 5.97 Å². The molecule has 1 N–H and O–H groups in total. The van der Waals surface area contributed by atoms with Gasteiger partial charge in [0.25, 0.3) is 0 Å². The summed E-state index contributed by atoms with van der Waals surface area (Å²) in [5, 5.41) is 8.95. The number of aliphatic carboxylic acids is 1. The summed E-state index contributed by atoms with van der Waals surface area (Å²) in [5.74, 6) is 0.704. The molecule has 1 fully saturated rings. The molecule has 0 saturated carbocycles. The number of thioether (sulfide) groups is 1. The molecule has 0 spiro atoms. The van der Waals surface area contributed by atoms with Gasteiger partial charge in [0, 0.05) is 6.08 Å². The molecule has 2 rings (SSSR count). The Labute approximate surface area is 98.3 Å². The van der Waals surface area contributed by atoms with Crippen LogP contribution in [0.3, 0.4) is 0 Å². The van der Waals surface area contributed by atoms with Gasteiger partial charge in [0.1, 0.15) is 0 Å². The van der Waals surface area contributed by atoms with E-state index in [9.17, 15) is 4.79 Å². The van der Waals surface area contributed by atoms with Crippen molar-refractivity contribution in [1.82, 2.24) is 0 Å². The van der Waals surface area contributed by atoms with Crippen LogP contribution in [0.25, 0.3) is 0 Å². The number of carboxylic acid groups (broad SMARTS) is 1. The molecule has 88 valence electrons. The van der Waals surface area contributed by atoms with Gasteiger partial charge < -0.3 is 14.6 Å². The van der Waals surface area contributed by atoms with Gasteiger partial charge in [0.15, 0.2) is 11.9 Å². The average molecular weight is 242 g/mol. The molecule has 5 heteroatoms. The van der Waals surface area contributed by atoms with Crippen molar-refractivity contribution in [2.24, 2.45) is 0 Å². The number of fused-ring (bicyclic) bond motifs is 1. The summed E-state index contributed by atoms with van der Waals surface area (Å²) < 4.78 is 11.0. The van der Waals surface area contributed by atoms with Crippen molar-refractivity contribution in [2.75, 3.05) is 12.4 Å². The summed E-state index contributed by atoms with van der Waals surface area (Å²) >= 11 is 1.59. The number of hydrogen-bond acceptors (Lipinski definition) is 4. The zero-order chi connectivity index (χ0) is 11.5. The Morgan fingerprint density at radius 2 is 2.50 bits per heavy atom. The lowest BCUT2D eigenvalue weighted by Gasteiger charge is -2.31. The highest BCUT2D eigenvalue weighted by molar-refractivity contribution is 8.03. The first-order valence-corrected chi connectivity index (χ1v) is 6.32. The molecule has 1 unspecified atom stereocenters. The van der Waals surface area contributed by atoms with Crippen LogP contribution >= 0.6 is 11.8 Å². The van der Waals surface area contributed by atoms with E-state index in [1.807, 2.05) is 6.92 Å². The van der Waals surface area contributed by atoms with Crippen LogP contribution in [0.4, 0.5) is 0 Å². The molecule has 0 aromatic heterocycles. The fourth-order valence-electron chi connectivity index (χ4n) is 1.78. The zero-order valence-corrected chi connectivity index (χ0v) is 9.88. The molecule has 16 heavy (non-hydrogen) atoms. The lowest BCUT2D eigenvalue weighted by atomic mass is 10.1. The summed E-state index contributed by atoms with van der Waals surface area (Å²) in [5.41, 5.74) is 0. The van der Waals surface area contributed by atoms with E-state index < -0.39 is 5.97 Å². The molecule has 2 aliphatic rings. The second-order valence-corrected chi connectivity index (χ2v) is 4.88. The molecule has 0 aromatic carbocycles. The van der Waals surface area contributed by atoms with Crippen molar-refractivity contribution in [3.05, 3.63) is 22.5 Å². The predicted molar refractivity (Wildman–Crippen MR) is 60.9 cm³/mol. The lowest BCUT2D eigenvalue weighted by molar-refractivity contribution is -0.138. The van der Waals surface area contributed by atoms with E-state index in [0.717, 1.165) is 29.3 Å². The average Bonchev–Trinajstić information content (AvgIpc) is 2.29. The molecular weight excluding hydrogens is 228 g/mol. The van der Waals surface area contributed by atoms with Crippen LogP contribution in [0.5, 0.6) is 0 Å². The summed E-state index contributed by atoms with van der Waals surface area (Å²) in [6.07, 6.45) is 3.09. The molecule has 4 nitrogen and oxygen atoms in total. The highest BCUT2D eigenvalue weighted by atomic mass is 32.2. The molecule has 1 atom stereocenters. The molecule has 0 aliphatic carbocycles. The molecule has 0 radical (unpaired) electrons. The Kier molecular flexibility index (Phi) is 3.43. The van der Waals surface area contributed by atoms with E-state index in [0.29, 0.717) is 6.61 Å². The Morgan fingerprint density at radius 3 is 3.19 bits per heavy atom. The minimum absolute atomic E-state index is 0.0233. The first-order chi connectivity index (χ1) is 7.72. The van der Waals surface area contributed by atoms with E-state index in [-0.39, 0.29) is 11.9 Å². The van der Waals surface area contributed by atoms with Crippen LogP contribution in [0.15, 0.2) is 22.5 Å². The highest BCUT2D eigenvalue weighted by Gasteiger charge is 2.31. The third kappa shape index (κ3) is 2.19. The number of ether oxygens (including phenoxy) is 2. The Hall–Kier alpha value is -1.10.